The van der Waals surface area contributed by atoms with Crippen molar-refractivity contribution in [3.8, 4) is 0 Å². The number of aryl methyl sites for hydroxylation is 1. The zero-order valence-electron chi connectivity index (χ0n) is 23.6. The molecule has 0 fully saturated rings. The van der Waals surface area contributed by atoms with Gasteiger partial charge < -0.3 is 21.7 Å². The third-order valence-electron chi connectivity index (χ3n) is 6.76. The number of hydrogen-bond acceptors (Lipinski definition) is 6. The molecule has 11 nitrogen and oxygen atoms in total. The number of hydrogen-bond donors (Lipinski definition) is 5. The Bertz CT molecular complexity index is 1260. The Morgan fingerprint density at radius 2 is 1.40 bits per heavy atom. The molecule has 11 heteroatoms. The normalized spacial score (nSPS) is 12.1. The van der Waals surface area contributed by atoms with Crippen molar-refractivity contribution in [3.63, 3.8) is 0 Å². The van der Waals surface area contributed by atoms with E-state index in [4.69, 9.17) is 11.1 Å². The molecule has 0 unspecified atom stereocenters. The number of nitrogens with one attached hydrogen (secondary N) is 4. The van der Waals surface area contributed by atoms with Gasteiger partial charge in [-0.3, -0.25) is 15.0 Å². The fraction of sp³-hybridized carbons (Fsp3) is 0.323. The topological polar surface area (TPSA) is 166 Å². The Balaban J connectivity index is 1.68. The average Bonchev–Trinajstić information content (AvgIpc) is 3.00. The summed E-state index contributed by atoms with van der Waals surface area (Å²) in [5.74, 6) is -1.43. The van der Waals surface area contributed by atoms with Gasteiger partial charge in [0.25, 0.3) is 5.96 Å². The molecule has 0 radical (unpaired) electrons. The molecule has 3 rings (SSSR count). The van der Waals surface area contributed by atoms with Gasteiger partial charge in [-0.1, -0.05) is 96.0 Å². The Kier molecular flexibility index (Phi) is 13.0. The maximum absolute atomic E-state index is 13.6. The first-order chi connectivity index (χ1) is 20.3. The molecular formula is C31H39N7O4. The van der Waals surface area contributed by atoms with Gasteiger partial charge >= 0.3 is 0 Å². The summed E-state index contributed by atoms with van der Waals surface area (Å²) < 4.78 is 0. The van der Waals surface area contributed by atoms with Crippen LogP contribution in [0, 0.1) is 15.5 Å². The molecule has 0 saturated carbocycles. The molecule has 0 aliphatic carbocycles. The monoisotopic (exact) mass is 573 g/mol. The third-order valence-corrected chi connectivity index (χ3v) is 6.76. The quantitative estimate of drug-likeness (QED) is 0.0544. The number of nitro groups is 1. The molecule has 42 heavy (non-hydrogen) atoms. The predicted molar refractivity (Wildman–Crippen MR) is 162 cm³/mol. The Morgan fingerprint density at radius 3 is 1.98 bits per heavy atom. The molecule has 0 saturated heterocycles. The van der Waals surface area contributed by atoms with Crippen molar-refractivity contribution in [2.45, 2.75) is 50.7 Å². The molecule has 3 aromatic carbocycles. The molecule has 0 heterocycles. The van der Waals surface area contributed by atoms with Gasteiger partial charge in [0.15, 0.2) is 5.03 Å². The number of guanidine groups is 1. The molecule has 0 bridgehead atoms. The summed E-state index contributed by atoms with van der Waals surface area (Å²) >= 11 is 0. The van der Waals surface area contributed by atoms with Crippen molar-refractivity contribution in [2.24, 2.45) is 5.73 Å². The van der Waals surface area contributed by atoms with Crippen molar-refractivity contribution in [1.29, 1.82) is 5.41 Å². The van der Waals surface area contributed by atoms with Gasteiger partial charge in [-0.15, -0.1) is 0 Å². The Labute approximate surface area is 246 Å². The number of carbonyl (C=O) groups excluding carboxylic acids is 2. The Morgan fingerprint density at radius 1 is 0.833 bits per heavy atom. The van der Waals surface area contributed by atoms with Crippen LogP contribution in [0.5, 0.6) is 0 Å². The number of hydrazine groups is 1. The van der Waals surface area contributed by atoms with Crippen molar-refractivity contribution in [2.75, 3.05) is 13.1 Å². The number of nitrogens with zero attached hydrogens (tertiary/aromatic N) is 2. The fourth-order valence-corrected chi connectivity index (χ4v) is 4.51. The van der Waals surface area contributed by atoms with Gasteiger partial charge in [0.1, 0.15) is 6.04 Å². The standard InChI is InChI=1S/C31H39N7O4/c32-31(33)37(38(41)42)21-11-19-27(29(39)35-23-26-16-8-3-9-17-26)36-30(40)28(22-25-14-6-2-7-15-25)34-20-10-18-24-12-4-1-5-13-24/h1-9,12-17,27-28,34H,10-11,18-23H2,(H3,32,33)(H,35,39)(H,36,40)/t27-,28+/m0/s1. The van der Waals surface area contributed by atoms with Gasteiger partial charge in [-0.25, -0.2) is 10.1 Å². The van der Waals surface area contributed by atoms with Crippen LogP contribution < -0.4 is 21.7 Å². The van der Waals surface area contributed by atoms with Crippen molar-refractivity contribution in [3.05, 3.63) is 118 Å². The zero-order chi connectivity index (χ0) is 30.2. The van der Waals surface area contributed by atoms with E-state index in [9.17, 15) is 19.7 Å². The first kappa shape index (κ1) is 31.8. The highest BCUT2D eigenvalue weighted by Gasteiger charge is 2.27. The van der Waals surface area contributed by atoms with Crippen molar-refractivity contribution >= 4 is 17.8 Å². The van der Waals surface area contributed by atoms with E-state index in [0.717, 1.165) is 24.0 Å². The van der Waals surface area contributed by atoms with Crippen LogP contribution in [0.2, 0.25) is 0 Å². The summed E-state index contributed by atoms with van der Waals surface area (Å²) in [5.41, 5.74) is 8.41. The lowest BCUT2D eigenvalue weighted by molar-refractivity contribution is -0.629. The van der Waals surface area contributed by atoms with Crippen molar-refractivity contribution in [1.82, 2.24) is 21.0 Å². The molecule has 0 aromatic heterocycles. The molecule has 3 aromatic rings. The maximum Gasteiger partial charge on any atom is 0.251 e. The second kappa shape index (κ2) is 17.1. The molecule has 2 atom stereocenters. The van der Waals surface area contributed by atoms with Gasteiger partial charge in [0.2, 0.25) is 11.8 Å². The minimum absolute atomic E-state index is 0.121. The summed E-state index contributed by atoms with van der Waals surface area (Å²) in [6.45, 7) is 0.693. The summed E-state index contributed by atoms with van der Waals surface area (Å²) in [7, 11) is 0. The van der Waals surface area contributed by atoms with E-state index in [-0.39, 0.29) is 31.8 Å². The molecule has 0 aliphatic heterocycles. The lowest BCUT2D eigenvalue weighted by Gasteiger charge is -2.24. The van der Waals surface area contributed by atoms with Crippen LogP contribution >= 0.6 is 0 Å². The highest BCUT2D eigenvalue weighted by Crippen LogP contribution is 2.08. The van der Waals surface area contributed by atoms with Gasteiger partial charge in [-0.2, -0.15) is 0 Å². The second-order valence-electron chi connectivity index (χ2n) is 9.94. The minimum atomic E-state index is -0.939. The number of rotatable bonds is 17. The average molecular weight is 574 g/mol. The summed E-state index contributed by atoms with van der Waals surface area (Å²) in [4.78, 5) is 38.0. The van der Waals surface area contributed by atoms with E-state index in [1.54, 1.807) is 0 Å². The van der Waals surface area contributed by atoms with Crippen LogP contribution in [-0.2, 0) is 29.0 Å². The predicted octanol–water partition coefficient (Wildman–Crippen LogP) is 2.79. The van der Waals surface area contributed by atoms with Crippen molar-refractivity contribution < 1.29 is 14.6 Å². The first-order valence-electron chi connectivity index (χ1n) is 14.0. The molecular weight excluding hydrogens is 534 g/mol. The van der Waals surface area contributed by atoms with E-state index in [1.807, 2.05) is 78.9 Å². The molecule has 222 valence electrons. The molecule has 0 aliphatic rings. The molecule has 6 N–H and O–H groups in total. The fourth-order valence-electron chi connectivity index (χ4n) is 4.51. The number of benzene rings is 3. The van der Waals surface area contributed by atoms with Crippen LogP contribution in [0.15, 0.2) is 91.0 Å². The molecule has 2 amide bonds. The number of amides is 2. The van der Waals surface area contributed by atoms with Gasteiger partial charge in [-0.05, 0) is 55.3 Å². The van der Waals surface area contributed by atoms with Gasteiger partial charge in [0, 0.05) is 6.54 Å². The largest absolute Gasteiger partial charge is 0.365 e. The van der Waals surface area contributed by atoms with Crippen LogP contribution in [0.1, 0.15) is 36.0 Å². The summed E-state index contributed by atoms with van der Waals surface area (Å²) in [6.07, 6.45) is 2.39. The lowest BCUT2D eigenvalue weighted by Crippen LogP contribution is -2.53. The maximum atomic E-state index is 13.6. The minimum Gasteiger partial charge on any atom is -0.365 e. The van der Waals surface area contributed by atoms with E-state index >= 15 is 0 Å². The second-order valence-corrected chi connectivity index (χ2v) is 9.94. The van der Waals surface area contributed by atoms with E-state index in [1.165, 1.54) is 5.56 Å². The highest BCUT2D eigenvalue weighted by molar-refractivity contribution is 5.90. The van der Waals surface area contributed by atoms with Crippen LogP contribution in [0.4, 0.5) is 0 Å². The smallest absolute Gasteiger partial charge is 0.251 e. The van der Waals surface area contributed by atoms with E-state index in [2.05, 4.69) is 28.1 Å². The summed E-state index contributed by atoms with van der Waals surface area (Å²) in [5, 5.41) is 27.5. The van der Waals surface area contributed by atoms with Crippen LogP contribution in [0.25, 0.3) is 0 Å². The van der Waals surface area contributed by atoms with E-state index < -0.39 is 29.0 Å². The van der Waals surface area contributed by atoms with Crippen LogP contribution in [0.3, 0.4) is 0 Å². The SMILES string of the molecule is N=C(N)N(CCC[C@H](NC(=O)[C@@H](Cc1ccccc1)NCCCc1ccccc1)C(=O)NCc1ccccc1)[N+](=O)[O-]. The van der Waals surface area contributed by atoms with Gasteiger partial charge in [0.05, 0.1) is 12.6 Å². The zero-order valence-corrected chi connectivity index (χ0v) is 23.6. The Hall–Kier alpha value is -4.77. The first-order valence-corrected chi connectivity index (χ1v) is 14.0. The summed E-state index contributed by atoms with van der Waals surface area (Å²) in [6, 6.07) is 27.6. The van der Waals surface area contributed by atoms with Crippen LogP contribution in [-0.4, -0.2) is 53.0 Å². The lowest BCUT2D eigenvalue weighted by atomic mass is 10.0. The third kappa shape index (κ3) is 11.0. The number of carbonyl (C=O) groups is 2. The number of nitrogens with two attached hydrogens (primary N) is 1. The molecule has 0 spiro atoms. The van der Waals surface area contributed by atoms with E-state index in [0.29, 0.717) is 18.0 Å². The highest BCUT2D eigenvalue weighted by atomic mass is 16.7.